The monoisotopic (exact) mass is 369 g/mol. The van der Waals surface area contributed by atoms with Crippen LogP contribution in [-0.2, 0) is 19.0 Å². The first kappa shape index (κ1) is 22.0. The predicted molar refractivity (Wildman–Crippen MR) is 63.3 cm³/mol. The Bertz CT molecular complexity index is 478. The van der Waals surface area contributed by atoms with E-state index in [0.29, 0.717) is 0 Å². The topological polar surface area (TPSA) is 94.1 Å². The van der Waals surface area contributed by atoms with E-state index in [2.05, 4.69) is 20.8 Å². The van der Waals surface area contributed by atoms with Crippen molar-refractivity contribution >= 4 is 12.1 Å². The SMILES string of the molecule is C=C(C)C(=O)OCCNC(=O)OCC(F)(F)OC(F)(F)C(O)(F)F. The maximum Gasteiger partial charge on any atom is 0.452 e. The maximum atomic E-state index is 12.9. The first-order chi connectivity index (χ1) is 10.7. The molecule has 140 valence electrons. The highest BCUT2D eigenvalue weighted by Gasteiger charge is 2.62. The molecule has 24 heavy (non-hydrogen) atoms. The summed E-state index contributed by atoms with van der Waals surface area (Å²) < 4.78 is 85.2. The van der Waals surface area contributed by atoms with Crippen LogP contribution in [0.5, 0.6) is 0 Å². The molecule has 13 heteroatoms. The van der Waals surface area contributed by atoms with Gasteiger partial charge in [-0.25, -0.2) is 14.3 Å². The minimum absolute atomic E-state index is 0.0657. The fourth-order valence-electron chi connectivity index (χ4n) is 0.899. The number of amides is 1. The van der Waals surface area contributed by atoms with E-state index in [4.69, 9.17) is 5.11 Å². The highest BCUT2D eigenvalue weighted by atomic mass is 19.3. The van der Waals surface area contributed by atoms with Crippen molar-refractivity contribution in [2.45, 2.75) is 25.2 Å². The lowest BCUT2D eigenvalue weighted by Gasteiger charge is -2.25. The van der Waals surface area contributed by atoms with Gasteiger partial charge in [0.05, 0.1) is 6.54 Å². The molecule has 0 heterocycles. The van der Waals surface area contributed by atoms with Crippen molar-refractivity contribution in [2.24, 2.45) is 0 Å². The number of nitrogens with one attached hydrogen (secondary N) is 1. The number of alkyl halides is 6. The molecule has 0 radical (unpaired) electrons. The van der Waals surface area contributed by atoms with E-state index in [-0.39, 0.29) is 18.7 Å². The Morgan fingerprint density at radius 3 is 2.12 bits per heavy atom. The quantitative estimate of drug-likeness (QED) is 0.278. The Balaban J connectivity index is 4.21. The van der Waals surface area contributed by atoms with E-state index in [1.807, 2.05) is 0 Å². The Morgan fingerprint density at radius 1 is 1.12 bits per heavy atom. The molecule has 0 fully saturated rings. The number of esters is 1. The summed E-state index contributed by atoms with van der Waals surface area (Å²) in [5.41, 5.74) is 0.0657. The van der Waals surface area contributed by atoms with Gasteiger partial charge in [0.2, 0.25) is 0 Å². The van der Waals surface area contributed by atoms with Crippen LogP contribution >= 0.6 is 0 Å². The molecule has 0 aliphatic heterocycles. The summed E-state index contributed by atoms with van der Waals surface area (Å²) in [6, 6.07) is 0. The number of aliphatic hydroxyl groups is 1. The zero-order valence-electron chi connectivity index (χ0n) is 12.1. The third kappa shape index (κ3) is 8.01. The van der Waals surface area contributed by atoms with E-state index >= 15 is 0 Å². The minimum Gasteiger partial charge on any atom is -0.460 e. The standard InChI is InChI=1S/C11H13F6NO6/c1-6(2)7(19)22-4-3-18-8(20)23-5-9(12,13)24-11(16,17)10(14,15)21/h21H,1,3-5H2,2H3,(H,18,20). The molecule has 0 saturated carbocycles. The third-order valence-electron chi connectivity index (χ3n) is 1.95. The third-order valence-corrected chi connectivity index (χ3v) is 1.95. The second-order valence-electron chi connectivity index (χ2n) is 4.22. The Hall–Kier alpha value is -2.02. The lowest BCUT2D eigenvalue weighted by atomic mass is 10.4. The second-order valence-corrected chi connectivity index (χ2v) is 4.22. The van der Waals surface area contributed by atoms with Gasteiger partial charge < -0.3 is 19.9 Å². The fourth-order valence-corrected chi connectivity index (χ4v) is 0.899. The smallest absolute Gasteiger partial charge is 0.452 e. The summed E-state index contributed by atoms with van der Waals surface area (Å²) in [5.74, 6) is -0.780. The molecule has 0 aromatic heterocycles. The molecule has 0 spiro atoms. The Labute approximate surface area is 131 Å². The van der Waals surface area contributed by atoms with Crippen molar-refractivity contribution in [3.63, 3.8) is 0 Å². The van der Waals surface area contributed by atoms with Gasteiger partial charge in [-0.1, -0.05) is 6.58 Å². The highest BCUT2D eigenvalue weighted by Crippen LogP contribution is 2.37. The maximum absolute atomic E-state index is 12.9. The lowest BCUT2D eigenvalue weighted by Crippen LogP contribution is -2.48. The Kier molecular flexibility index (Phi) is 7.50. The molecule has 1 amide bonds. The molecule has 0 aliphatic carbocycles. The number of hydrogen-bond donors (Lipinski definition) is 2. The van der Waals surface area contributed by atoms with Crippen LogP contribution in [0.15, 0.2) is 12.2 Å². The van der Waals surface area contributed by atoms with Gasteiger partial charge in [0.15, 0.2) is 6.61 Å². The van der Waals surface area contributed by atoms with E-state index in [9.17, 15) is 35.9 Å². The number of rotatable bonds is 9. The molecule has 7 nitrogen and oxygen atoms in total. The van der Waals surface area contributed by atoms with E-state index in [1.54, 1.807) is 5.32 Å². The first-order valence-electron chi connectivity index (χ1n) is 5.97. The van der Waals surface area contributed by atoms with Gasteiger partial charge in [-0.2, -0.15) is 26.3 Å². The minimum atomic E-state index is -5.91. The largest absolute Gasteiger partial charge is 0.460 e. The molecule has 0 aliphatic rings. The van der Waals surface area contributed by atoms with E-state index in [1.165, 1.54) is 6.92 Å². The molecular formula is C11H13F6NO6. The van der Waals surface area contributed by atoms with Gasteiger partial charge in [-0.3, -0.25) is 0 Å². The van der Waals surface area contributed by atoms with Gasteiger partial charge in [0, 0.05) is 5.57 Å². The summed E-state index contributed by atoms with van der Waals surface area (Å²) in [5, 5.41) is 9.50. The normalized spacial score (nSPS) is 12.5. The van der Waals surface area contributed by atoms with Gasteiger partial charge >= 0.3 is 30.4 Å². The molecule has 0 aromatic rings. The highest BCUT2D eigenvalue weighted by molar-refractivity contribution is 5.86. The van der Waals surface area contributed by atoms with Gasteiger partial charge in [0.25, 0.3) is 0 Å². The van der Waals surface area contributed by atoms with Crippen molar-refractivity contribution in [3.05, 3.63) is 12.2 Å². The van der Waals surface area contributed by atoms with Gasteiger partial charge in [-0.15, -0.1) is 0 Å². The average molecular weight is 369 g/mol. The molecule has 0 bridgehead atoms. The van der Waals surface area contributed by atoms with Gasteiger partial charge in [0.1, 0.15) is 6.61 Å². The molecule has 2 N–H and O–H groups in total. The number of ether oxygens (including phenoxy) is 3. The van der Waals surface area contributed by atoms with Crippen molar-refractivity contribution in [3.8, 4) is 0 Å². The molecule has 0 rings (SSSR count). The van der Waals surface area contributed by atoms with Crippen LogP contribution in [0, 0.1) is 0 Å². The lowest BCUT2D eigenvalue weighted by molar-refractivity contribution is -0.475. The predicted octanol–water partition coefficient (Wildman–Crippen LogP) is 1.62. The summed E-state index contributed by atoms with van der Waals surface area (Å²) in [7, 11) is 0. The fraction of sp³-hybridized carbons (Fsp3) is 0.636. The summed E-state index contributed by atoms with van der Waals surface area (Å²) in [4.78, 5) is 21.9. The number of alkyl carbamates (subject to hydrolysis) is 1. The number of carbonyl (C=O) groups is 2. The number of hydrogen-bond acceptors (Lipinski definition) is 6. The van der Waals surface area contributed by atoms with Crippen LogP contribution in [0.2, 0.25) is 0 Å². The molecule has 0 saturated heterocycles. The van der Waals surface area contributed by atoms with Crippen LogP contribution in [0.3, 0.4) is 0 Å². The van der Waals surface area contributed by atoms with Crippen LogP contribution in [0.25, 0.3) is 0 Å². The van der Waals surface area contributed by atoms with Crippen molar-refractivity contribution < 1.29 is 55.2 Å². The van der Waals surface area contributed by atoms with E-state index in [0.717, 1.165) is 0 Å². The number of halogens is 6. The van der Waals surface area contributed by atoms with Crippen LogP contribution < -0.4 is 5.32 Å². The van der Waals surface area contributed by atoms with Crippen molar-refractivity contribution in [2.75, 3.05) is 19.8 Å². The van der Waals surface area contributed by atoms with E-state index < -0.39 is 37.0 Å². The number of carbonyl (C=O) groups excluding carboxylic acids is 2. The molecular weight excluding hydrogens is 356 g/mol. The van der Waals surface area contributed by atoms with Crippen molar-refractivity contribution in [1.29, 1.82) is 0 Å². The van der Waals surface area contributed by atoms with Crippen molar-refractivity contribution in [1.82, 2.24) is 5.32 Å². The molecule has 0 unspecified atom stereocenters. The first-order valence-corrected chi connectivity index (χ1v) is 5.97. The van der Waals surface area contributed by atoms with Crippen LogP contribution in [0.4, 0.5) is 31.1 Å². The summed E-state index contributed by atoms with van der Waals surface area (Å²) in [6.45, 7) is 1.71. The second kappa shape index (κ2) is 8.19. The summed E-state index contributed by atoms with van der Waals surface area (Å²) in [6.07, 6.45) is -18.3. The Morgan fingerprint density at radius 2 is 1.67 bits per heavy atom. The van der Waals surface area contributed by atoms with Crippen LogP contribution in [0.1, 0.15) is 6.92 Å². The average Bonchev–Trinajstić information content (AvgIpc) is 2.38. The van der Waals surface area contributed by atoms with Gasteiger partial charge in [-0.05, 0) is 6.92 Å². The zero-order chi connectivity index (χ0) is 19.2. The molecule has 0 atom stereocenters. The molecule has 0 aromatic carbocycles. The van der Waals surface area contributed by atoms with Crippen LogP contribution in [-0.4, -0.2) is 55.3 Å². The zero-order valence-corrected chi connectivity index (χ0v) is 12.1. The summed E-state index contributed by atoms with van der Waals surface area (Å²) >= 11 is 0.